The maximum atomic E-state index is 13.3. The van der Waals surface area contributed by atoms with E-state index in [4.69, 9.17) is 23.2 Å². The van der Waals surface area contributed by atoms with Gasteiger partial charge in [-0.15, -0.1) is 0 Å². The fraction of sp³-hybridized carbons (Fsp3) is 0.440. The Morgan fingerprint density at radius 1 is 1.03 bits per heavy atom. The SMILES string of the molecule is CC(C)NC(=O)[C@H](C)N(Cc1ccc(Cl)c(Cl)c1)C(=O)CCCN(c1cccc(C(F)(F)F)c1)S(C)(=O)=O. The number of amides is 2. The molecule has 0 saturated carbocycles. The van der Waals surface area contributed by atoms with Crippen LogP contribution in [0.15, 0.2) is 42.5 Å². The van der Waals surface area contributed by atoms with Crippen LogP contribution in [-0.2, 0) is 32.3 Å². The Bertz CT molecular complexity index is 1260. The minimum absolute atomic E-state index is 0.00145. The summed E-state index contributed by atoms with van der Waals surface area (Å²) in [5, 5.41) is 3.36. The Labute approximate surface area is 230 Å². The molecule has 0 aromatic heterocycles. The van der Waals surface area contributed by atoms with E-state index in [0.29, 0.717) is 10.6 Å². The van der Waals surface area contributed by atoms with Gasteiger partial charge in [0.1, 0.15) is 6.04 Å². The number of rotatable bonds is 11. The number of hydrogen-bond acceptors (Lipinski definition) is 4. The molecule has 2 aromatic carbocycles. The second-order valence-electron chi connectivity index (χ2n) is 9.10. The van der Waals surface area contributed by atoms with Crippen molar-refractivity contribution in [2.45, 2.75) is 58.4 Å². The molecule has 0 aliphatic rings. The smallest absolute Gasteiger partial charge is 0.352 e. The highest BCUT2D eigenvalue weighted by atomic mass is 35.5. The summed E-state index contributed by atoms with van der Waals surface area (Å²) in [6.07, 6.45) is -3.93. The predicted octanol–water partition coefficient (Wildman–Crippen LogP) is 5.50. The van der Waals surface area contributed by atoms with Crippen molar-refractivity contribution in [1.29, 1.82) is 0 Å². The average Bonchev–Trinajstić information content (AvgIpc) is 2.80. The first-order valence-corrected chi connectivity index (χ1v) is 14.3. The molecule has 0 spiro atoms. The molecule has 210 valence electrons. The lowest BCUT2D eigenvalue weighted by molar-refractivity contribution is -0.140. The van der Waals surface area contributed by atoms with Crippen molar-refractivity contribution in [2.75, 3.05) is 17.1 Å². The van der Waals surface area contributed by atoms with Crippen molar-refractivity contribution in [3.8, 4) is 0 Å². The number of hydrogen-bond donors (Lipinski definition) is 1. The number of sulfonamides is 1. The maximum Gasteiger partial charge on any atom is 0.416 e. The van der Waals surface area contributed by atoms with Crippen LogP contribution in [0.5, 0.6) is 0 Å². The zero-order valence-electron chi connectivity index (χ0n) is 21.4. The lowest BCUT2D eigenvalue weighted by Gasteiger charge is -2.30. The number of benzene rings is 2. The van der Waals surface area contributed by atoms with Crippen LogP contribution < -0.4 is 9.62 Å². The summed E-state index contributed by atoms with van der Waals surface area (Å²) in [6, 6.07) is 7.76. The summed E-state index contributed by atoms with van der Waals surface area (Å²) < 4.78 is 65.0. The fourth-order valence-corrected chi connectivity index (χ4v) is 4.94. The molecule has 0 heterocycles. The van der Waals surface area contributed by atoms with Crippen molar-refractivity contribution >= 4 is 50.7 Å². The predicted molar refractivity (Wildman–Crippen MR) is 143 cm³/mol. The highest BCUT2D eigenvalue weighted by Gasteiger charge is 2.32. The summed E-state index contributed by atoms with van der Waals surface area (Å²) >= 11 is 12.1. The molecule has 0 fully saturated rings. The second-order valence-corrected chi connectivity index (χ2v) is 11.8. The third-order valence-corrected chi connectivity index (χ3v) is 7.48. The van der Waals surface area contributed by atoms with E-state index in [0.717, 1.165) is 28.8 Å². The topological polar surface area (TPSA) is 86.8 Å². The first-order chi connectivity index (χ1) is 17.5. The lowest BCUT2D eigenvalue weighted by Crippen LogP contribution is -2.49. The van der Waals surface area contributed by atoms with E-state index in [1.54, 1.807) is 39.0 Å². The zero-order chi connectivity index (χ0) is 28.8. The standard InChI is InChI=1S/C25H30Cl2F3N3O4S/c1-16(2)31-24(35)17(3)32(15-18-10-11-21(26)22(27)13-18)23(34)9-6-12-33(38(4,36)37)20-8-5-7-19(14-20)25(28,29)30/h5,7-8,10-11,13-14,16-17H,6,9,12,15H2,1-4H3,(H,31,35)/t17-/m0/s1. The van der Waals surface area contributed by atoms with Crippen LogP contribution in [0.1, 0.15) is 44.7 Å². The lowest BCUT2D eigenvalue weighted by atomic mass is 10.1. The molecule has 0 aliphatic heterocycles. The summed E-state index contributed by atoms with van der Waals surface area (Å²) in [6.45, 7) is 4.93. The van der Waals surface area contributed by atoms with Crippen LogP contribution in [0.25, 0.3) is 0 Å². The average molecular weight is 596 g/mol. The van der Waals surface area contributed by atoms with Crippen molar-refractivity contribution in [3.05, 3.63) is 63.6 Å². The van der Waals surface area contributed by atoms with Crippen molar-refractivity contribution in [3.63, 3.8) is 0 Å². The molecule has 0 unspecified atom stereocenters. The van der Waals surface area contributed by atoms with Crippen LogP contribution in [-0.4, -0.2) is 50.0 Å². The molecule has 38 heavy (non-hydrogen) atoms. The van der Waals surface area contributed by atoms with Crippen LogP contribution >= 0.6 is 23.2 Å². The van der Waals surface area contributed by atoms with E-state index in [1.165, 1.54) is 11.0 Å². The van der Waals surface area contributed by atoms with Crippen molar-refractivity contribution in [1.82, 2.24) is 10.2 Å². The molecule has 0 bridgehead atoms. The van der Waals surface area contributed by atoms with Gasteiger partial charge in [-0.3, -0.25) is 13.9 Å². The molecule has 0 aliphatic carbocycles. The summed E-state index contributed by atoms with van der Waals surface area (Å²) in [7, 11) is -3.95. The van der Waals surface area contributed by atoms with Crippen molar-refractivity contribution < 1.29 is 31.2 Å². The van der Waals surface area contributed by atoms with Gasteiger partial charge in [0.2, 0.25) is 21.8 Å². The van der Waals surface area contributed by atoms with Gasteiger partial charge in [-0.25, -0.2) is 8.42 Å². The van der Waals surface area contributed by atoms with Gasteiger partial charge in [0, 0.05) is 25.6 Å². The van der Waals surface area contributed by atoms with E-state index < -0.39 is 33.7 Å². The quantitative estimate of drug-likeness (QED) is 0.371. The van der Waals surface area contributed by atoms with Crippen molar-refractivity contribution in [2.24, 2.45) is 0 Å². The number of alkyl halides is 3. The monoisotopic (exact) mass is 595 g/mol. The molecule has 2 amide bonds. The molecular formula is C25H30Cl2F3N3O4S. The van der Waals surface area contributed by atoms with Gasteiger partial charge in [0.05, 0.1) is 27.6 Å². The Kier molecular flexibility index (Phi) is 10.9. The number of halogens is 5. The minimum atomic E-state index is -4.65. The minimum Gasteiger partial charge on any atom is -0.352 e. The summed E-state index contributed by atoms with van der Waals surface area (Å²) in [5.41, 5.74) is -0.525. The first kappa shape index (κ1) is 31.7. The Hall–Kier alpha value is -2.50. The maximum absolute atomic E-state index is 13.3. The molecule has 0 radical (unpaired) electrons. The van der Waals surface area contributed by atoms with Gasteiger partial charge < -0.3 is 10.2 Å². The summed E-state index contributed by atoms with van der Waals surface area (Å²) in [5.74, 6) is -0.824. The van der Waals surface area contributed by atoms with E-state index >= 15 is 0 Å². The number of anilines is 1. The largest absolute Gasteiger partial charge is 0.416 e. The fourth-order valence-electron chi connectivity index (χ4n) is 3.66. The van der Waals surface area contributed by atoms with Crippen LogP contribution in [0.4, 0.5) is 18.9 Å². The van der Waals surface area contributed by atoms with Gasteiger partial charge >= 0.3 is 6.18 Å². The van der Waals surface area contributed by atoms with Crippen LogP contribution in [0.3, 0.4) is 0 Å². The Morgan fingerprint density at radius 2 is 1.68 bits per heavy atom. The molecule has 1 atom stereocenters. The van der Waals surface area contributed by atoms with E-state index in [9.17, 15) is 31.2 Å². The molecule has 13 heteroatoms. The number of nitrogens with one attached hydrogen (secondary N) is 1. The van der Waals surface area contributed by atoms with Gasteiger partial charge in [0.25, 0.3) is 0 Å². The van der Waals surface area contributed by atoms with E-state index in [1.807, 2.05) is 0 Å². The van der Waals surface area contributed by atoms with Gasteiger partial charge in [-0.2, -0.15) is 13.2 Å². The third-order valence-electron chi connectivity index (χ3n) is 5.55. The van der Waals surface area contributed by atoms with Gasteiger partial charge in [-0.05, 0) is 63.1 Å². The molecule has 2 rings (SSSR count). The third kappa shape index (κ3) is 9.06. The molecular weight excluding hydrogens is 566 g/mol. The molecule has 0 saturated heterocycles. The Balaban J connectivity index is 2.24. The summed E-state index contributed by atoms with van der Waals surface area (Å²) in [4.78, 5) is 27.3. The first-order valence-electron chi connectivity index (χ1n) is 11.7. The van der Waals surface area contributed by atoms with E-state index in [2.05, 4.69) is 5.32 Å². The number of nitrogens with zero attached hydrogens (tertiary/aromatic N) is 2. The normalized spacial score (nSPS) is 12.8. The second kappa shape index (κ2) is 13.0. The van der Waals surface area contributed by atoms with Gasteiger partial charge in [-0.1, -0.05) is 35.3 Å². The Morgan fingerprint density at radius 3 is 2.24 bits per heavy atom. The van der Waals surface area contributed by atoms with Crippen LogP contribution in [0, 0.1) is 0 Å². The number of carbonyl (C=O) groups is 2. The molecule has 2 aromatic rings. The number of carbonyl (C=O) groups excluding carboxylic acids is 2. The van der Waals surface area contributed by atoms with E-state index in [-0.39, 0.29) is 48.6 Å². The highest BCUT2D eigenvalue weighted by molar-refractivity contribution is 7.92. The molecule has 1 N–H and O–H groups in total. The molecule has 7 nitrogen and oxygen atoms in total. The zero-order valence-corrected chi connectivity index (χ0v) is 23.7. The van der Waals surface area contributed by atoms with Crippen LogP contribution in [0.2, 0.25) is 10.0 Å². The van der Waals surface area contributed by atoms with Gasteiger partial charge in [0.15, 0.2) is 0 Å². The highest BCUT2D eigenvalue weighted by Crippen LogP contribution is 2.32.